The standard InChI is InChI=1S/C10H13FN2.2ClH/c11-9-1-3-10(4-2-9)13-7-5-12-6-8-13;;/h1-4,12H,5-8H2;2*1H. The Morgan fingerprint density at radius 3 is 2.07 bits per heavy atom. The molecule has 15 heavy (non-hydrogen) atoms. The zero-order chi connectivity index (χ0) is 9.10. The summed E-state index contributed by atoms with van der Waals surface area (Å²) in [5, 5.41) is 3.28. The highest BCUT2D eigenvalue weighted by atomic mass is 35.5. The van der Waals surface area contributed by atoms with Gasteiger partial charge >= 0.3 is 0 Å². The third-order valence-corrected chi connectivity index (χ3v) is 2.31. The highest BCUT2D eigenvalue weighted by Crippen LogP contribution is 2.14. The first kappa shape index (κ1) is 14.5. The molecule has 0 aliphatic carbocycles. The van der Waals surface area contributed by atoms with Crippen molar-refractivity contribution in [1.82, 2.24) is 5.32 Å². The van der Waals surface area contributed by atoms with Crippen molar-refractivity contribution in [2.24, 2.45) is 0 Å². The van der Waals surface area contributed by atoms with Crippen LogP contribution in [0.4, 0.5) is 10.1 Å². The van der Waals surface area contributed by atoms with Gasteiger partial charge in [-0.2, -0.15) is 0 Å². The van der Waals surface area contributed by atoms with Gasteiger partial charge in [-0.25, -0.2) is 4.39 Å². The number of rotatable bonds is 1. The van der Waals surface area contributed by atoms with Crippen LogP contribution in [0.15, 0.2) is 24.3 Å². The highest BCUT2D eigenvalue weighted by Gasteiger charge is 2.09. The molecule has 1 aliphatic rings. The molecule has 1 aliphatic heterocycles. The van der Waals surface area contributed by atoms with Crippen molar-refractivity contribution in [3.63, 3.8) is 0 Å². The molecular formula is C10H15Cl2FN2. The molecule has 0 bridgehead atoms. The summed E-state index contributed by atoms with van der Waals surface area (Å²) in [5.74, 6) is -0.168. The van der Waals surface area contributed by atoms with E-state index in [1.54, 1.807) is 0 Å². The normalized spacial score (nSPS) is 15.1. The average Bonchev–Trinajstić information content (AvgIpc) is 2.20. The predicted molar refractivity (Wildman–Crippen MR) is 66.0 cm³/mol. The smallest absolute Gasteiger partial charge is 0.123 e. The Kier molecular flexibility index (Phi) is 6.65. The van der Waals surface area contributed by atoms with Crippen molar-refractivity contribution >= 4 is 30.5 Å². The molecule has 1 aromatic carbocycles. The third kappa shape index (κ3) is 3.86. The van der Waals surface area contributed by atoms with Gasteiger partial charge in [0.2, 0.25) is 0 Å². The van der Waals surface area contributed by atoms with Crippen molar-refractivity contribution in [1.29, 1.82) is 0 Å². The van der Waals surface area contributed by atoms with E-state index < -0.39 is 0 Å². The Hall–Kier alpha value is -0.510. The Bertz CT molecular complexity index is 273. The van der Waals surface area contributed by atoms with E-state index in [-0.39, 0.29) is 30.6 Å². The largest absolute Gasteiger partial charge is 0.369 e. The number of hydrogen-bond donors (Lipinski definition) is 1. The lowest BCUT2D eigenvalue weighted by Gasteiger charge is -2.29. The number of nitrogens with zero attached hydrogens (tertiary/aromatic N) is 1. The Labute approximate surface area is 102 Å². The topological polar surface area (TPSA) is 15.3 Å². The van der Waals surface area contributed by atoms with E-state index in [1.165, 1.54) is 12.1 Å². The molecule has 86 valence electrons. The molecule has 0 radical (unpaired) electrons. The van der Waals surface area contributed by atoms with E-state index in [0.29, 0.717) is 0 Å². The first-order valence-electron chi connectivity index (χ1n) is 4.57. The molecule has 0 aromatic heterocycles. The predicted octanol–water partition coefficient (Wildman–Crippen LogP) is 2.08. The van der Waals surface area contributed by atoms with Gasteiger partial charge in [-0.3, -0.25) is 0 Å². The van der Waals surface area contributed by atoms with Crippen LogP contribution < -0.4 is 10.2 Å². The fourth-order valence-electron chi connectivity index (χ4n) is 1.57. The molecule has 1 fully saturated rings. The summed E-state index contributed by atoms with van der Waals surface area (Å²) in [6.45, 7) is 4.03. The van der Waals surface area contributed by atoms with Gasteiger partial charge in [-0.15, -0.1) is 24.8 Å². The maximum atomic E-state index is 12.6. The molecule has 1 heterocycles. The quantitative estimate of drug-likeness (QED) is 0.824. The van der Waals surface area contributed by atoms with E-state index in [4.69, 9.17) is 0 Å². The number of benzene rings is 1. The molecular weight excluding hydrogens is 238 g/mol. The summed E-state index contributed by atoms with van der Waals surface area (Å²) in [7, 11) is 0. The molecule has 0 amide bonds. The number of nitrogens with one attached hydrogen (secondary N) is 1. The minimum atomic E-state index is -0.168. The highest BCUT2D eigenvalue weighted by molar-refractivity contribution is 5.85. The Balaban J connectivity index is 0.000000980. The second-order valence-electron chi connectivity index (χ2n) is 3.21. The van der Waals surface area contributed by atoms with E-state index in [0.717, 1.165) is 31.9 Å². The van der Waals surface area contributed by atoms with Crippen LogP contribution in [-0.4, -0.2) is 26.2 Å². The lowest BCUT2D eigenvalue weighted by Crippen LogP contribution is -2.43. The number of hydrogen-bond acceptors (Lipinski definition) is 2. The summed E-state index contributed by atoms with van der Waals surface area (Å²) in [5.41, 5.74) is 1.11. The summed E-state index contributed by atoms with van der Waals surface area (Å²) >= 11 is 0. The first-order chi connectivity index (χ1) is 6.36. The molecule has 5 heteroatoms. The van der Waals surface area contributed by atoms with Gasteiger partial charge in [0.15, 0.2) is 0 Å². The maximum absolute atomic E-state index is 12.6. The fraction of sp³-hybridized carbons (Fsp3) is 0.400. The lowest BCUT2D eigenvalue weighted by molar-refractivity contribution is 0.587. The average molecular weight is 253 g/mol. The van der Waals surface area contributed by atoms with Crippen LogP contribution in [0.3, 0.4) is 0 Å². The van der Waals surface area contributed by atoms with Crippen molar-refractivity contribution < 1.29 is 4.39 Å². The zero-order valence-electron chi connectivity index (χ0n) is 8.28. The zero-order valence-corrected chi connectivity index (χ0v) is 9.91. The fourth-order valence-corrected chi connectivity index (χ4v) is 1.57. The SMILES string of the molecule is Cl.Cl.Fc1ccc(N2CCNCC2)cc1. The van der Waals surface area contributed by atoms with Crippen LogP contribution in [0.1, 0.15) is 0 Å². The molecule has 1 N–H and O–H groups in total. The number of anilines is 1. The van der Waals surface area contributed by atoms with Gasteiger partial charge in [0.1, 0.15) is 5.82 Å². The summed E-state index contributed by atoms with van der Waals surface area (Å²) in [4.78, 5) is 2.26. The van der Waals surface area contributed by atoms with Crippen molar-refractivity contribution in [2.45, 2.75) is 0 Å². The summed E-state index contributed by atoms with van der Waals surface area (Å²) in [6, 6.07) is 6.69. The van der Waals surface area contributed by atoms with Crippen LogP contribution in [0, 0.1) is 5.82 Å². The van der Waals surface area contributed by atoms with Crippen molar-refractivity contribution in [2.75, 3.05) is 31.1 Å². The first-order valence-corrected chi connectivity index (χ1v) is 4.57. The molecule has 0 saturated carbocycles. The van der Waals surface area contributed by atoms with Crippen LogP contribution in [0.25, 0.3) is 0 Å². The molecule has 0 spiro atoms. The van der Waals surface area contributed by atoms with Gasteiger partial charge in [0.05, 0.1) is 0 Å². The number of halogens is 3. The van der Waals surface area contributed by atoms with Gasteiger partial charge in [-0.1, -0.05) is 0 Å². The summed E-state index contributed by atoms with van der Waals surface area (Å²) in [6.07, 6.45) is 0. The van der Waals surface area contributed by atoms with Crippen LogP contribution in [0.2, 0.25) is 0 Å². The number of piperazine rings is 1. The van der Waals surface area contributed by atoms with Crippen LogP contribution in [-0.2, 0) is 0 Å². The van der Waals surface area contributed by atoms with Crippen LogP contribution in [0.5, 0.6) is 0 Å². The second kappa shape index (κ2) is 6.88. The minimum absolute atomic E-state index is 0. The Morgan fingerprint density at radius 2 is 1.53 bits per heavy atom. The van der Waals surface area contributed by atoms with Gasteiger partial charge < -0.3 is 10.2 Å². The van der Waals surface area contributed by atoms with E-state index in [1.807, 2.05) is 12.1 Å². The van der Waals surface area contributed by atoms with E-state index in [9.17, 15) is 4.39 Å². The molecule has 0 unspecified atom stereocenters. The van der Waals surface area contributed by atoms with Gasteiger partial charge in [0, 0.05) is 31.9 Å². The van der Waals surface area contributed by atoms with E-state index >= 15 is 0 Å². The second-order valence-corrected chi connectivity index (χ2v) is 3.21. The molecule has 2 rings (SSSR count). The van der Waals surface area contributed by atoms with Crippen LogP contribution >= 0.6 is 24.8 Å². The summed E-state index contributed by atoms with van der Waals surface area (Å²) < 4.78 is 12.6. The molecule has 2 nitrogen and oxygen atoms in total. The Morgan fingerprint density at radius 1 is 1.00 bits per heavy atom. The monoisotopic (exact) mass is 252 g/mol. The minimum Gasteiger partial charge on any atom is -0.369 e. The molecule has 1 saturated heterocycles. The van der Waals surface area contributed by atoms with Gasteiger partial charge in [0.25, 0.3) is 0 Å². The van der Waals surface area contributed by atoms with Crippen molar-refractivity contribution in [3.8, 4) is 0 Å². The molecule has 1 aromatic rings. The van der Waals surface area contributed by atoms with Gasteiger partial charge in [-0.05, 0) is 24.3 Å². The maximum Gasteiger partial charge on any atom is 0.123 e. The third-order valence-electron chi connectivity index (χ3n) is 2.31. The lowest BCUT2D eigenvalue weighted by atomic mass is 10.2. The van der Waals surface area contributed by atoms with E-state index in [2.05, 4.69) is 10.2 Å². The van der Waals surface area contributed by atoms with Crippen molar-refractivity contribution in [3.05, 3.63) is 30.1 Å². The molecule has 0 atom stereocenters.